The molecule has 0 aromatic heterocycles. The van der Waals surface area contributed by atoms with Crippen LogP contribution in [0.2, 0.25) is 0 Å². The Morgan fingerprint density at radius 2 is 1.91 bits per heavy atom. The number of benzene rings is 1. The van der Waals surface area contributed by atoms with Crippen molar-refractivity contribution in [3.8, 4) is 5.75 Å². The molecular formula is C18H30N4O. The number of rotatable bonds is 6. The highest BCUT2D eigenvalue weighted by Crippen LogP contribution is 2.27. The molecule has 1 aliphatic rings. The van der Waals surface area contributed by atoms with Gasteiger partial charge >= 0.3 is 0 Å². The lowest BCUT2D eigenvalue weighted by atomic mass is 10.1. The summed E-state index contributed by atoms with van der Waals surface area (Å²) in [4.78, 5) is 9.42. The predicted octanol–water partition coefficient (Wildman–Crippen LogP) is 2.36. The van der Waals surface area contributed by atoms with Crippen LogP contribution in [0.5, 0.6) is 5.75 Å². The van der Waals surface area contributed by atoms with Gasteiger partial charge in [-0.05, 0) is 50.6 Å². The number of guanidine groups is 1. The fourth-order valence-electron chi connectivity index (χ4n) is 3.00. The molecule has 1 atom stereocenters. The Bertz CT molecular complexity index is 492. The standard InChI is InChI=1S/C18H30N4O/c1-5-19-18(21(2)3)20-14-17(22-12-6-7-13-22)15-8-10-16(23-4)11-9-15/h8-11,17H,5-7,12-14H2,1-4H3,(H,19,20). The van der Waals surface area contributed by atoms with Crippen molar-refractivity contribution in [1.29, 1.82) is 0 Å². The van der Waals surface area contributed by atoms with Crippen molar-refractivity contribution in [3.05, 3.63) is 29.8 Å². The molecule has 2 rings (SSSR count). The third-order valence-corrected chi connectivity index (χ3v) is 4.25. The summed E-state index contributed by atoms with van der Waals surface area (Å²) in [5.41, 5.74) is 1.31. The van der Waals surface area contributed by atoms with Crippen molar-refractivity contribution in [1.82, 2.24) is 15.1 Å². The van der Waals surface area contributed by atoms with Crippen molar-refractivity contribution < 1.29 is 4.74 Å². The summed E-state index contributed by atoms with van der Waals surface area (Å²) in [5, 5.41) is 3.34. The highest BCUT2D eigenvalue weighted by atomic mass is 16.5. The molecule has 1 unspecified atom stereocenters. The summed E-state index contributed by atoms with van der Waals surface area (Å²) in [5.74, 6) is 1.85. The van der Waals surface area contributed by atoms with Gasteiger partial charge in [-0.2, -0.15) is 0 Å². The molecule has 0 radical (unpaired) electrons. The molecule has 1 fully saturated rings. The SMILES string of the molecule is CCNC(=NCC(c1ccc(OC)cc1)N1CCCC1)N(C)C. The quantitative estimate of drug-likeness (QED) is 0.646. The number of nitrogens with zero attached hydrogens (tertiary/aromatic N) is 3. The fourth-order valence-corrected chi connectivity index (χ4v) is 3.00. The van der Waals surface area contributed by atoms with E-state index in [1.165, 1.54) is 18.4 Å². The third-order valence-electron chi connectivity index (χ3n) is 4.25. The summed E-state index contributed by atoms with van der Waals surface area (Å²) in [6.07, 6.45) is 2.56. The number of hydrogen-bond acceptors (Lipinski definition) is 3. The summed E-state index contributed by atoms with van der Waals surface area (Å²) < 4.78 is 5.28. The van der Waals surface area contributed by atoms with E-state index in [0.29, 0.717) is 6.04 Å². The van der Waals surface area contributed by atoms with Crippen LogP contribution in [-0.2, 0) is 0 Å². The maximum atomic E-state index is 5.28. The number of methoxy groups -OCH3 is 1. The third kappa shape index (κ3) is 4.86. The van der Waals surface area contributed by atoms with Crippen LogP contribution < -0.4 is 10.1 Å². The second-order valence-corrected chi connectivity index (χ2v) is 6.12. The minimum Gasteiger partial charge on any atom is -0.497 e. The van der Waals surface area contributed by atoms with Crippen LogP contribution in [0, 0.1) is 0 Å². The zero-order valence-corrected chi connectivity index (χ0v) is 14.9. The molecule has 0 aliphatic carbocycles. The van der Waals surface area contributed by atoms with Crippen molar-refractivity contribution in [2.24, 2.45) is 4.99 Å². The molecule has 1 N–H and O–H groups in total. The van der Waals surface area contributed by atoms with E-state index in [0.717, 1.165) is 37.9 Å². The number of aliphatic imine (C=N–C) groups is 1. The van der Waals surface area contributed by atoms with E-state index in [1.807, 2.05) is 31.1 Å². The van der Waals surface area contributed by atoms with Crippen LogP contribution in [-0.4, -0.2) is 63.1 Å². The maximum Gasteiger partial charge on any atom is 0.193 e. The van der Waals surface area contributed by atoms with Crippen molar-refractivity contribution in [2.45, 2.75) is 25.8 Å². The van der Waals surface area contributed by atoms with Crippen LogP contribution in [0.4, 0.5) is 0 Å². The van der Waals surface area contributed by atoms with Gasteiger partial charge in [0.05, 0.1) is 19.7 Å². The van der Waals surface area contributed by atoms with Crippen molar-refractivity contribution in [3.63, 3.8) is 0 Å². The van der Waals surface area contributed by atoms with E-state index in [-0.39, 0.29) is 0 Å². The first-order valence-electron chi connectivity index (χ1n) is 8.49. The van der Waals surface area contributed by atoms with E-state index in [4.69, 9.17) is 9.73 Å². The first kappa shape index (κ1) is 17.6. The molecule has 23 heavy (non-hydrogen) atoms. The molecule has 0 bridgehead atoms. The Morgan fingerprint density at radius 1 is 1.26 bits per heavy atom. The van der Waals surface area contributed by atoms with Crippen LogP contribution in [0.25, 0.3) is 0 Å². The van der Waals surface area contributed by atoms with Gasteiger partial charge in [0.15, 0.2) is 5.96 Å². The fraction of sp³-hybridized carbons (Fsp3) is 0.611. The van der Waals surface area contributed by atoms with Crippen LogP contribution in [0.15, 0.2) is 29.3 Å². The van der Waals surface area contributed by atoms with Crippen LogP contribution in [0.1, 0.15) is 31.4 Å². The summed E-state index contributed by atoms with van der Waals surface area (Å²) in [7, 11) is 5.76. The minimum absolute atomic E-state index is 0.331. The van der Waals surface area contributed by atoms with Gasteiger partial charge in [-0.15, -0.1) is 0 Å². The Hall–Kier alpha value is -1.75. The molecule has 0 amide bonds. The summed E-state index contributed by atoms with van der Waals surface area (Å²) >= 11 is 0. The van der Waals surface area contributed by atoms with Crippen LogP contribution >= 0.6 is 0 Å². The van der Waals surface area contributed by atoms with E-state index >= 15 is 0 Å². The van der Waals surface area contributed by atoms with Gasteiger partial charge in [-0.25, -0.2) is 0 Å². The summed E-state index contributed by atoms with van der Waals surface area (Å²) in [6.45, 7) is 6.07. The van der Waals surface area contributed by atoms with E-state index in [2.05, 4.69) is 29.3 Å². The molecule has 128 valence electrons. The largest absolute Gasteiger partial charge is 0.497 e. The highest BCUT2D eigenvalue weighted by molar-refractivity contribution is 5.79. The highest BCUT2D eigenvalue weighted by Gasteiger charge is 2.23. The molecule has 5 heteroatoms. The normalized spacial score (nSPS) is 17.1. The van der Waals surface area contributed by atoms with Crippen LogP contribution in [0.3, 0.4) is 0 Å². The van der Waals surface area contributed by atoms with Gasteiger partial charge in [0, 0.05) is 20.6 Å². The number of nitrogens with one attached hydrogen (secondary N) is 1. The average Bonchev–Trinajstić information content (AvgIpc) is 3.08. The molecule has 1 heterocycles. The van der Waals surface area contributed by atoms with E-state index < -0.39 is 0 Å². The topological polar surface area (TPSA) is 40.1 Å². The van der Waals surface area contributed by atoms with Gasteiger partial charge in [0.1, 0.15) is 5.75 Å². The van der Waals surface area contributed by atoms with Gasteiger partial charge < -0.3 is 15.0 Å². The Balaban J connectivity index is 2.17. The zero-order chi connectivity index (χ0) is 16.7. The smallest absolute Gasteiger partial charge is 0.193 e. The van der Waals surface area contributed by atoms with Gasteiger partial charge in [-0.3, -0.25) is 9.89 Å². The maximum absolute atomic E-state index is 5.28. The van der Waals surface area contributed by atoms with Crippen molar-refractivity contribution >= 4 is 5.96 Å². The first-order chi connectivity index (χ1) is 11.2. The lowest BCUT2D eigenvalue weighted by molar-refractivity contribution is 0.251. The molecule has 1 aliphatic heterocycles. The Kier molecular flexibility index (Phi) is 6.71. The van der Waals surface area contributed by atoms with Gasteiger partial charge in [0.2, 0.25) is 0 Å². The zero-order valence-electron chi connectivity index (χ0n) is 14.9. The molecule has 1 saturated heterocycles. The molecule has 1 aromatic rings. The second kappa shape index (κ2) is 8.77. The summed E-state index contributed by atoms with van der Waals surface area (Å²) in [6, 6.07) is 8.75. The average molecular weight is 318 g/mol. The Labute approximate surface area is 140 Å². The minimum atomic E-state index is 0.331. The second-order valence-electron chi connectivity index (χ2n) is 6.12. The number of hydrogen-bond donors (Lipinski definition) is 1. The lowest BCUT2D eigenvalue weighted by Gasteiger charge is -2.27. The molecule has 5 nitrogen and oxygen atoms in total. The van der Waals surface area contributed by atoms with Crippen molar-refractivity contribution in [2.75, 3.05) is 47.4 Å². The molecule has 0 spiro atoms. The molecular weight excluding hydrogens is 288 g/mol. The van der Waals surface area contributed by atoms with E-state index in [1.54, 1.807) is 7.11 Å². The first-order valence-corrected chi connectivity index (χ1v) is 8.49. The molecule has 0 saturated carbocycles. The monoisotopic (exact) mass is 318 g/mol. The lowest BCUT2D eigenvalue weighted by Crippen LogP contribution is -2.37. The predicted molar refractivity (Wildman–Crippen MR) is 96.2 cm³/mol. The molecule has 1 aromatic carbocycles. The Morgan fingerprint density at radius 3 is 2.43 bits per heavy atom. The van der Waals surface area contributed by atoms with E-state index in [9.17, 15) is 0 Å². The van der Waals surface area contributed by atoms with Gasteiger partial charge in [0.25, 0.3) is 0 Å². The number of ether oxygens (including phenoxy) is 1. The van der Waals surface area contributed by atoms with Gasteiger partial charge in [-0.1, -0.05) is 12.1 Å². The number of likely N-dealkylation sites (tertiary alicyclic amines) is 1.